The Kier molecular flexibility index (Phi) is 5.49. The minimum Gasteiger partial charge on any atom is -0.438 e. The number of hydrazine groups is 1. The van der Waals surface area contributed by atoms with E-state index in [0.717, 1.165) is 16.5 Å². The quantitative estimate of drug-likeness (QED) is 0.469. The molecule has 9 nitrogen and oxygen atoms in total. The number of hydrogen-bond acceptors (Lipinski definition) is 5. The van der Waals surface area contributed by atoms with Crippen molar-refractivity contribution in [1.82, 2.24) is 20.6 Å². The number of aromatic amines is 1. The molecule has 2 heterocycles. The molecule has 0 aliphatic rings. The molecule has 0 unspecified atom stereocenters. The van der Waals surface area contributed by atoms with Crippen molar-refractivity contribution in [1.29, 1.82) is 0 Å². The predicted octanol–water partition coefficient (Wildman–Crippen LogP) is 1.84. The SMILES string of the molecule is CC(C)(C)NS(=O)(=O)c1ccc(C(=O)NNC(=O)Cc2c[nH]c3ccccc23)o1. The number of benzene rings is 1. The summed E-state index contributed by atoms with van der Waals surface area (Å²) < 4.78 is 32.0. The molecule has 3 aromatic rings. The molecule has 0 fully saturated rings. The molecule has 0 radical (unpaired) electrons. The van der Waals surface area contributed by atoms with Crippen molar-refractivity contribution in [3.63, 3.8) is 0 Å². The van der Waals surface area contributed by atoms with E-state index in [0.29, 0.717) is 0 Å². The Bertz CT molecular complexity index is 1150. The third-order valence-corrected chi connectivity index (χ3v) is 5.48. The maximum absolute atomic E-state index is 12.2. The second-order valence-electron chi connectivity index (χ2n) is 7.51. The number of fused-ring (bicyclic) bond motifs is 1. The molecule has 0 saturated carbocycles. The van der Waals surface area contributed by atoms with Gasteiger partial charge in [0.25, 0.3) is 10.0 Å². The zero-order valence-corrected chi connectivity index (χ0v) is 17.0. The summed E-state index contributed by atoms with van der Waals surface area (Å²) in [6, 6.07) is 9.95. The fraction of sp³-hybridized carbons (Fsp3) is 0.263. The topological polar surface area (TPSA) is 133 Å². The Balaban J connectivity index is 1.60. The van der Waals surface area contributed by atoms with E-state index in [9.17, 15) is 18.0 Å². The van der Waals surface area contributed by atoms with Gasteiger partial charge in [0.1, 0.15) is 0 Å². The Morgan fingerprint density at radius 2 is 1.79 bits per heavy atom. The maximum atomic E-state index is 12.2. The van der Waals surface area contributed by atoms with Crippen LogP contribution in [0, 0.1) is 0 Å². The van der Waals surface area contributed by atoms with Gasteiger partial charge in [0, 0.05) is 22.6 Å². The molecular formula is C19H22N4O5S. The lowest BCUT2D eigenvalue weighted by Gasteiger charge is -2.18. The number of carbonyl (C=O) groups is 2. The van der Waals surface area contributed by atoms with Gasteiger partial charge in [0.15, 0.2) is 5.76 Å². The number of rotatable bonds is 5. The highest BCUT2D eigenvalue weighted by Gasteiger charge is 2.26. The first-order valence-electron chi connectivity index (χ1n) is 8.83. The van der Waals surface area contributed by atoms with E-state index in [1.807, 2.05) is 24.3 Å². The van der Waals surface area contributed by atoms with Crippen molar-refractivity contribution in [2.45, 2.75) is 37.8 Å². The number of H-pyrrole nitrogens is 1. The summed E-state index contributed by atoms with van der Waals surface area (Å²) >= 11 is 0. The molecule has 0 saturated heterocycles. The van der Waals surface area contributed by atoms with Gasteiger partial charge < -0.3 is 9.40 Å². The van der Waals surface area contributed by atoms with Gasteiger partial charge in [0.05, 0.1) is 6.42 Å². The second kappa shape index (κ2) is 7.72. The molecule has 0 atom stereocenters. The molecule has 2 aromatic heterocycles. The standard InChI is InChI=1S/C19H22N4O5S/c1-19(2,3)23-29(26,27)17-9-8-15(28-17)18(25)22-21-16(24)10-12-11-20-14-7-5-4-6-13(12)14/h4-9,11,20,23H,10H2,1-3H3,(H,21,24)(H,22,25). The molecule has 29 heavy (non-hydrogen) atoms. The number of aromatic nitrogens is 1. The van der Waals surface area contributed by atoms with E-state index >= 15 is 0 Å². The molecule has 1 aromatic carbocycles. The Morgan fingerprint density at radius 1 is 1.07 bits per heavy atom. The van der Waals surface area contributed by atoms with Gasteiger partial charge in [-0.25, -0.2) is 13.1 Å². The van der Waals surface area contributed by atoms with Gasteiger partial charge in [-0.15, -0.1) is 0 Å². The van der Waals surface area contributed by atoms with Gasteiger partial charge in [0.2, 0.25) is 11.0 Å². The van der Waals surface area contributed by atoms with E-state index in [2.05, 4.69) is 20.6 Å². The Morgan fingerprint density at radius 3 is 2.52 bits per heavy atom. The van der Waals surface area contributed by atoms with Crippen molar-refractivity contribution in [3.8, 4) is 0 Å². The number of sulfonamides is 1. The highest BCUT2D eigenvalue weighted by molar-refractivity contribution is 7.89. The van der Waals surface area contributed by atoms with Crippen LogP contribution in [0.1, 0.15) is 36.9 Å². The fourth-order valence-electron chi connectivity index (χ4n) is 2.72. The van der Waals surface area contributed by atoms with Crippen molar-refractivity contribution in [2.24, 2.45) is 0 Å². The van der Waals surface area contributed by atoms with Crippen LogP contribution in [-0.4, -0.2) is 30.8 Å². The highest BCUT2D eigenvalue weighted by atomic mass is 32.2. The number of amides is 2. The minimum absolute atomic E-state index is 0.0532. The lowest BCUT2D eigenvalue weighted by Crippen LogP contribution is -2.42. The summed E-state index contributed by atoms with van der Waals surface area (Å²) in [5.74, 6) is -1.45. The number of nitrogens with one attached hydrogen (secondary N) is 4. The van der Waals surface area contributed by atoms with Gasteiger partial charge in [-0.2, -0.15) is 0 Å². The summed E-state index contributed by atoms with van der Waals surface area (Å²) in [5.41, 5.74) is 5.50. The third kappa shape index (κ3) is 5.04. The normalized spacial score (nSPS) is 12.1. The molecule has 0 aliphatic heterocycles. The van der Waals surface area contributed by atoms with Gasteiger partial charge in [-0.3, -0.25) is 20.4 Å². The molecule has 4 N–H and O–H groups in total. The third-order valence-electron chi connectivity index (χ3n) is 3.85. The monoisotopic (exact) mass is 418 g/mol. The summed E-state index contributed by atoms with van der Waals surface area (Å²) in [6.45, 7) is 5.05. The number of carbonyl (C=O) groups excluding carboxylic acids is 2. The van der Waals surface area contributed by atoms with Crippen LogP contribution < -0.4 is 15.6 Å². The highest BCUT2D eigenvalue weighted by Crippen LogP contribution is 2.18. The minimum atomic E-state index is -3.90. The van der Waals surface area contributed by atoms with Crippen LogP contribution in [0.4, 0.5) is 0 Å². The van der Waals surface area contributed by atoms with Crippen LogP contribution in [0.5, 0.6) is 0 Å². The maximum Gasteiger partial charge on any atom is 0.305 e. The average molecular weight is 418 g/mol. The summed E-state index contributed by atoms with van der Waals surface area (Å²) in [5, 5.41) is 0.531. The summed E-state index contributed by atoms with van der Waals surface area (Å²) in [4.78, 5) is 27.4. The van der Waals surface area contributed by atoms with Gasteiger partial charge in [-0.1, -0.05) is 18.2 Å². The van der Waals surface area contributed by atoms with E-state index in [1.54, 1.807) is 27.0 Å². The van der Waals surface area contributed by atoms with Crippen LogP contribution >= 0.6 is 0 Å². The zero-order chi connectivity index (χ0) is 21.2. The fourth-order valence-corrected chi connectivity index (χ4v) is 4.08. The zero-order valence-electron chi connectivity index (χ0n) is 16.2. The lowest BCUT2D eigenvalue weighted by molar-refractivity contribution is -0.121. The van der Waals surface area contributed by atoms with Gasteiger partial charge in [-0.05, 0) is 44.5 Å². The first-order valence-corrected chi connectivity index (χ1v) is 10.3. The Labute approximate surface area is 167 Å². The Hall–Kier alpha value is -3.11. The van der Waals surface area contributed by atoms with E-state index in [-0.39, 0.29) is 17.3 Å². The smallest absolute Gasteiger partial charge is 0.305 e. The first kappa shape index (κ1) is 20.6. The number of hydrogen-bond donors (Lipinski definition) is 4. The molecule has 3 rings (SSSR count). The number of para-hydroxylation sites is 1. The van der Waals surface area contributed by atoms with E-state index in [4.69, 9.17) is 4.42 Å². The van der Waals surface area contributed by atoms with Crippen molar-refractivity contribution in [3.05, 3.63) is 53.9 Å². The average Bonchev–Trinajstić information content (AvgIpc) is 3.26. The lowest BCUT2D eigenvalue weighted by atomic mass is 10.1. The molecule has 0 bridgehead atoms. The van der Waals surface area contributed by atoms with Gasteiger partial charge >= 0.3 is 5.91 Å². The summed E-state index contributed by atoms with van der Waals surface area (Å²) in [7, 11) is -3.90. The van der Waals surface area contributed by atoms with Crippen molar-refractivity contribution >= 4 is 32.7 Å². The predicted molar refractivity (Wildman–Crippen MR) is 106 cm³/mol. The molecule has 10 heteroatoms. The first-order chi connectivity index (χ1) is 13.5. The van der Waals surface area contributed by atoms with Crippen LogP contribution in [0.15, 0.2) is 52.1 Å². The molecule has 154 valence electrons. The van der Waals surface area contributed by atoms with Crippen LogP contribution in [-0.2, 0) is 21.2 Å². The second-order valence-corrected chi connectivity index (χ2v) is 9.13. The van der Waals surface area contributed by atoms with E-state index in [1.165, 1.54) is 12.1 Å². The molecule has 0 aliphatic carbocycles. The van der Waals surface area contributed by atoms with E-state index < -0.39 is 27.4 Å². The van der Waals surface area contributed by atoms with Crippen LogP contribution in [0.3, 0.4) is 0 Å². The van der Waals surface area contributed by atoms with Crippen LogP contribution in [0.25, 0.3) is 10.9 Å². The molecular weight excluding hydrogens is 396 g/mol. The molecule has 0 spiro atoms. The van der Waals surface area contributed by atoms with Crippen molar-refractivity contribution in [2.75, 3.05) is 0 Å². The number of furan rings is 1. The molecule has 2 amide bonds. The largest absolute Gasteiger partial charge is 0.438 e. The summed E-state index contributed by atoms with van der Waals surface area (Å²) in [6.07, 6.45) is 1.79. The van der Waals surface area contributed by atoms with Crippen molar-refractivity contribution < 1.29 is 22.4 Å². The van der Waals surface area contributed by atoms with Crippen LogP contribution in [0.2, 0.25) is 0 Å².